The van der Waals surface area contributed by atoms with Crippen molar-refractivity contribution in [1.29, 1.82) is 0 Å². The third-order valence-electron chi connectivity index (χ3n) is 2.11. The van der Waals surface area contributed by atoms with E-state index in [0.29, 0.717) is 0 Å². The van der Waals surface area contributed by atoms with Gasteiger partial charge in [-0.15, -0.1) is 4.91 Å². The van der Waals surface area contributed by atoms with E-state index in [2.05, 4.69) is 10.2 Å². The average Bonchev–Trinajstić information content (AvgIpc) is 2.55. The maximum atomic E-state index is 10.8. The zero-order valence-corrected chi connectivity index (χ0v) is 7.39. The first kappa shape index (κ1) is 9.20. The molecule has 3 N–H and O–H groups in total. The van der Waals surface area contributed by atoms with Gasteiger partial charge >= 0.3 is 5.97 Å². The summed E-state index contributed by atoms with van der Waals surface area (Å²) in [6, 6.07) is 4.35. The Hall–Kier alpha value is -2.37. The predicted octanol–water partition coefficient (Wildman–Crippen LogP) is 1.97. The highest BCUT2D eigenvalue weighted by Crippen LogP contribution is 2.35. The van der Waals surface area contributed by atoms with Crippen LogP contribution in [0.15, 0.2) is 23.4 Å². The smallest absolute Gasteiger partial charge is 0.337 e. The molecule has 0 atom stereocenters. The number of fused-ring (bicyclic) bond motifs is 1. The lowest BCUT2D eigenvalue weighted by Crippen LogP contribution is -1.96. The minimum Gasteiger partial charge on any atom is -0.504 e. The summed E-state index contributed by atoms with van der Waals surface area (Å²) < 4.78 is 0. The number of benzene rings is 1. The number of hydrogen-bond donors (Lipinski definition) is 3. The van der Waals surface area contributed by atoms with Gasteiger partial charge in [0.1, 0.15) is 0 Å². The quantitative estimate of drug-likeness (QED) is 0.653. The maximum absolute atomic E-state index is 10.8. The van der Waals surface area contributed by atoms with Gasteiger partial charge in [-0.3, -0.25) is 0 Å². The molecule has 0 aliphatic carbocycles. The molecule has 1 aromatic carbocycles. The normalized spacial score (nSPS) is 10.4. The van der Waals surface area contributed by atoms with E-state index < -0.39 is 5.97 Å². The lowest BCUT2D eigenvalue weighted by atomic mass is 10.1. The first-order valence-corrected chi connectivity index (χ1v) is 4.05. The van der Waals surface area contributed by atoms with E-state index in [9.17, 15) is 14.8 Å². The summed E-state index contributed by atoms with van der Waals surface area (Å²) in [5.74, 6) is -1.74. The summed E-state index contributed by atoms with van der Waals surface area (Å²) in [6.45, 7) is 0. The number of aromatic nitrogens is 1. The summed E-state index contributed by atoms with van der Waals surface area (Å²) in [4.78, 5) is 23.6. The van der Waals surface area contributed by atoms with Gasteiger partial charge in [0, 0.05) is 5.39 Å². The van der Waals surface area contributed by atoms with Crippen LogP contribution < -0.4 is 0 Å². The van der Waals surface area contributed by atoms with Crippen LogP contribution in [-0.2, 0) is 0 Å². The van der Waals surface area contributed by atoms with E-state index in [0.717, 1.165) is 0 Å². The fourth-order valence-electron chi connectivity index (χ4n) is 1.43. The molecule has 0 spiro atoms. The molecule has 0 aliphatic rings. The minimum atomic E-state index is -1.14. The molecule has 0 saturated carbocycles. The van der Waals surface area contributed by atoms with Crippen molar-refractivity contribution in [3.8, 4) is 5.75 Å². The summed E-state index contributed by atoms with van der Waals surface area (Å²) in [7, 11) is 0. The van der Waals surface area contributed by atoms with Crippen molar-refractivity contribution in [3.63, 3.8) is 0 Å². The Balaban J connectivity index is 2.87. The van der Waals surface area contributed by atoms with Gasteiger partial charge in [-0.25, -0.2) is 4.79 Å². The second kappa shape index (κ2) is 3.09. The maximum Gasteiger partial charge on any atom is 0.337 e. The Morgan fingerprint density at radius 1 is 1.40 bits per heavy atom. The van der Waals surface area contributed by atoms with E-state index >= 15 is 0 Å². The lowest BCUT2D eigenvalue weighted by Gasteiger charge is -1.95. The molecule has 6 heteroatoms. The van der Waals surface area contributed by atoms with Crippen molar-refractivity contribution in [2.75, 3.05) is 0 Å². The van der Waals surface area contributed by atoms with E-state index in [1.54, 1.807) is 0 Å². The van der Waals surface area contributed by atoms with Crippen LogP contribution in [0.25, 0.3) is 10.9 Å². The number of rotatable bonds is 2. The standard InChI is InChI=1S/C9H6N2O4/c12-7-4-2-1-3-5(9(13)14)6(4)10-8(7)11-15/h1-3,10,12H,(H,13,14). The first-order valence-electron chi connectivity index (χ1n) is 4.05. The van der Waals surface area contributed by atoms with E-state index in [4.69, 9.17) is 5.11 Å². The van der Waals surface area contributed by atoms with Gasteiger partial charge in [0.05, 0.1) is 11.1 Å². The SMILES string of the molecule is O=Nc1[nH]c2c(C(=O)O)cccc2c1O. The molecule has 1 aromatic heterocycles. The second-order valence-electron chi connectivity index (χ2n) is 2.95. The Morgan fingerprint density at radius 2 is 2.13 bits per heavy atom. The van der Waals surface area contributed by atoms with Gasteiger partial charge in [-0.1, -0.05) is 6.07 Å². The van der Waals surface area contributed by atoms with Crippen LogP contribution >= 0.6 is 0 Å². The zero-order valence-electron chi connectivity index (χ0n) is 7.39. The van der Waals surface area contributed by atoms with Crippen LogP contribution in [0, 0.1) is 4.91 Å². The second-order valence-corrected chi connectivity index (χ2v) is 2.95. The van der Waals surface area contributed by atoms with Crippen LogP contribution in [-0.4, -0.2) is 21.2 Å². The molecule has 0 bridgehead atoms. The summed E-state index contributed by atoms with van der Waals surface area (Å²) in [5, 5.41) is 21.2. The van der Waals surface area contributed by atoms with Gasteiger partial charge in [0.25, 0.3) is 0 Å². The third kappa shape index (κ3) is 1.23. The lowest BCUT2D eigenvalue weighted by molar-refractivity contribution is 0.0699. The number of carboxylic acids is 1. The molecule has 1 heterocycles. The van der Waals surface area contributed by atoms with Crippen molar-refractivity contribution in [2.45, 2.75) is 0 Å². The molecule has 0 saturated heterocycles. The Kier molecular flexibility index (Phi) is 1.89. The molecule has 76 valence electrons. The molecule has 2 rings (SSSR count). The number of aromatic hydroxyl groups is 1. The average molecular weight is 206 g/mol. The Labute approximate surface area is 83.1 Å². The number of H-pyrrole nitrogens is 1. The number of nitrogens with zero attached hydrogens (tertiary/aromatic N) is 1. The van der Waals surface area contributed by atoms with E-state index in [-0.39, 0.29) is 28.0 Å². The molecular formula is C9H6N2O4. The number of aromatic amines is 1. The number of carbonyl (C=O) groups is 1. The van der Waals surface area contributed by atoms with Gasteiger partial charge in [0.15, 0.2) is 5.75 Å². The first-order chi connectivity index (χ1) is 7.15. The molecule has 0 unspecified atom stereocenters. The highest BCUT2D eigenvalue weighted by Gasteiger charge is 2.16. The highest BCUT2D eigenvalue weighted by molar-refractivity contribution is 6.05. The van der Waals surface area contributed by atoms with Crippen LogP contribution in [0.5, 0.6) is 5.75 Å². The van der Waals surface area contributed by atoms with E-state index in [1.807, 2.05) is 0 Å². The number of hydrogen-bond acceptors (Lipinski definition) is 4. The monoisotopic (exact) mass is 206 g/mol. The van der Waals surface area contributed by atoms with Gasteiger partial charge in [0.2, 0.25) is 5.82 Å². The molecule has 0 fully saturated rings. The molecule has 2 aromatic rings. The molecule has 0 radical (unpaired) electrons. The van der Waals surface area contributed by atoms with E-state index in [1.165, 1.54) is 18.2 Å². The zero-order chi connectivity index (χ0) is 11.0. The van der Waals surface area contributed by atoms with Crippen LogP contribution in [0.3, 0.4) is 0 Å². The van der Waals surface area contributed by atoms with Crippen molar-refractivity contribution in [3.05, 3.63) is 28.7 Å². The van der Waals surface area contributed by atoms with Gasteiger partial charge in [-0.2, -0.15) is 0 Å². The number of nitroso groups, excluding NO2 is 1. The van der Waals surface area contributed by atoms with Crippen molar-refractivity contribution in [2.24, 2.45) is 5.18 Å². The number of nitrogens with one attached hydrogen (secondary N) is 1. The summed E-state index contributed by atoms with van der Waals surface area (Å²) >= 11 is 0. The largest absolute Gasteiger partial charge is 0.504 e. The molecule has 6 nitrogen and oxygen atoms in total. The summed E-state index contributed by atoms with van der Waals surface area (Å²) in [5.41, 5.74) is 0.176. The topological polar surface area (TPSA) is 103 Å². The molecular weight excluding hydrogens is 200 g/mol. The highest BCUT2D eigenvalue weighted by atomic mass is 16.4. The van der Waals surface area contributed by atoms with Crippen molar-refractivity contribution < 1.29 is 15.0 Å². The van der Waals surface area contributed by atoms with Gasteiger partial charge < -0.3 is 15.2 Å². The van der Waals surface area contributed by atoms with Crippen LogP contribution in [0.4, 0.5) is 5.82 Å². The summed E-state index contributed by atoms with van der Waals surface area (Å²) in [6.07, 6.45) is 0. The van der Waals surface area contributed by atoms with Crippen LogP contribution in [0.1, 0.15) is 10.4 Å². The fourth-order valence-corrected chi connectivity index (χ4v) is 1.43. The molecule has 15 heavy (non-hydrogen) atoms. The number of aromatic carboxylic acids is 1. The van der Waals surface area contributed by atoms with Gasteiger partial charge in [-0.05, 0) is 17.3 Å². The molecule has 0 amide bonds. The minimum absolute atomic E-state index is 0.0160. The van der Waals surface area contributed by atoms with Crippen LogP contribution in [0.2, 0.25) is 0 Å². The number of para-hydroxylation sites is 1. The Morgan fingerprint density at radius 3 is 2.73 bits per heavy atom. The van der Waals surface area contributed by atoms with Crippen molar-refractivity contribution >= 4 is 22.7 Å². The number of carboxylic acid groups (broad SMARTS) is 1. The Bertz CT molecular complexity index is 558. The van der Waals surface area contributed by atoms with Crippen molar-refractivity contribution in [1.82, 2.24) is 4.98 Å². The predicted molar refractivity (Wildman–Crippen MR) is 52.4 cm³/mol. The molecule has 0 aliphatic heterocycles. The fraction of sp³-hybridized carbons (Fsp3) is 0. The third-order valence-corrected chi connectivity index (χ3v) is 2.11.